The van der Waals surface area contributed by atoms with E-state index in [4.69, 9.17) is 0 Å². The number of rotatable bonds is 6. The molecule has 0 amide bonds. The van der Waals surface area contributed by atoms with E-state index in [-0.39, 0.29) is 0 Å². The van der Waals surface area contributed by atoms with Crippen molar-refractivity contribution in [1.82, 2.24) is 0 Å². The third kappa shape index (κ3) is 3.69. The first-order valence-corrected chi connectivity index (χ1v) is 11.3. The number of aryl methyl sites for hydroxylation is 1. The first kappa shape index (κ1) is 18.3. The lowest BCUT2D eigenvalue weighted by atomic mass is 10.2. The van der Waals surface area contributed by atoms with Crippen molar-refractivity contribution in [1.29, 1.82) is 0 Å². The van der Waals surface area contributed by atoms with Crippen LogP contribution in [0, 0.1) is 0 Å². The fourth-order valence-corrected chi connectivity index (χ4v) is 6.12. The van der Waals surface area contributed by atoms with Crippen LogP contribution in [0.4, 0.5) is 5.69 Å². The lowest BCUT2D eigenvalue weighted by Crippen LogP contribution is -2.33. The van der Waals surface area contributed by atoms with Crippen molar-refractivity contribution in [2.75, 3.05) is 11.4 Å². The van der Waals surface area contributed by atoms with Crippen LogP contribution in [0.3, 0.4) is 0 Å². The second kappa shape index (κ2) is 8.32. The fraction of sp³-hybridized carbons (Fsp3) is 0.261. The van der Waals surface area contributed by atoms with Gasteiger partial charge in [-0.2, -0.15) is 4.57 Å². The molecule has 0 N–H and O–H groups in total. The molecule has 1 unspecified atom stereocenters. The Morgan fingerprint density at radius 1 is 1.04 bits per heavy atom. The highest BCUT2D eigenvalue weighted by molar-refractivity contribution is 8.00. The highest BCUT2D eigenvalue weighted by atomic mass is 32.2. The summed E-state index contributed by atoms with van der Waals surface area (Å²) in [6, 6.07) is 17.4. The molecular weight excluding hydrogens is 368 g/mol. The maximum atomic E-state index is 2.51. The zero-order valence-electron chi connectivity index (χ0n) is 15.8. The summed E-state index contributed by atoms with van der Waals surface area (Å²) in [6.07, 6.45) is 9.96. The van der Waals surface area contributed by atoms with Gasteiger partial charge in [-0.15, -0.1) is 0 Å². The van der Waals surface area contributed by atoms with Crippen LogP contribution in [0.5, 0.6) is 0 Å². The Balaban J connectivity index is 1.43. The molecule has 27 heavy (non-hydrogen) atoms. The quantitative estimate of drug-likeness (QED) is 0.367. The average Bonchev–Trinajstić information content (AvgIpc) is 3.24. The summed E-state index contributed by atoms with van der Waals surface area (Å²) < 4.78 is 3.73. The van der Waals surface area contributed by atoms with Gasteiger partial charge in [-0.25, -0.2) is 0 Å². The van der Waals surface area contributed by atoms with Gasteiger partial charge in [0.25, 0.3) is 5.01 Å². The van der Waals surface area contributed by atoms with Crippen molar-refractivity contribution in [3.05, 3.63) is 71.8 Å². The van der Waals surface area contributed by atoms with Crippen molar-refractivity contribution in [3.63, 3.8) is 0 Å². The van der Waals surface area contributed by atoms with E-state index < -0.39 is 0 Å². The van der Waals surface area contributed by atoms with Gasteiger partial charge >= 0.3 is 0 Å². The molecule has 4 rings (SSSR count). The Morgan fingerprint density at radius 3 is 2.70 bits per heavy atom. The first-order chi connectivity index (χ1) is 13.3. The van der Waals surface area contributed by atoms with Crippen LogP contribution in [-0.2, 0) is 6.54 Å². The van der Waals surface area contributed by atoms with Gasteiger partial charge in [0, 0.05) is 23.6 Å². The minimum absolute atomic E-state index is 0.502. The molecule has 2 nitrogen and oxygen atoms in total. The number of hydrogen-bond donors (Lipinski definition) is 0. The van der Waals surface area contributed by atoms with Gasteiger partial charge < -0.3 is 4.90 Å². The fourth-order valence-electron chi connectivity index (χ4n) is 3.62. The summed E-state index contributed by atoms with van der Waals surface area (Å²) in [5.74, 6) is 0. The summed E-state index contributed by atoms with van der Waals surface area (Å²) in [5, 5.41) is 1.81. The number of thioether (sulfide) groups is 1. The molecule has 1 aliphatic rings. The van der Waals surface area contributed by atoms with Crippen molar-refractivity contribution in [2.45, 2.75) is 37.1 Å². The van der Waals surface area contributed by atoms with E-state index in [1.807, 2.05) is 23.1 Å². The monoisotopic (exact) mass is 393 g/mol. The third-order valence-electron chi connectivity index (χ3n) is 4.90. The number of fused-ring (bicyclic) bond motifs is 2. The van der Waals surface area contributed by atoms with Gasteiger partial charge in [0.15, 0.2) is 0 Å². The predicted molar refractivity (Wildman–Crippen MR) is 120 cm³/mol. The minimum atomic E-state index is 0.502. The van der Waals surface area contributed by atoms with Crippen molar-refractivity contribution < 1.29 is 4.57 Å². The van der Waals surface area contributed by atoms with E-state index in [2.05, 4.69) is 96.1 Å². The molecule has 0 fully saturated rings. The lowest BCUT2D eigenvalue weighted by Gasteiger charge is -2.23. The van der Waals surface area contributed by atoms with Gasteiger partial charge in [-0.05, 0) is 38.5 Å². The first-order valence-electron chi connectivity index (χ1n) is 9.58. The molecule has 4 heteroatoms. The van der Waals surface area contributed by atoms with Gasteiger partial charge in [0.1, 0.15) is 11.2 Å². The number of aromatic nitrogens is 1. The smallest absolute Gasteiger partial charge is 0.262 e. The SMILES string of the molecule is CCN1c2ccccc2SC1C/C=C/C=C/c1sc2ccccc2[n+]1CC. The van der Waals surface area contributed by atoms with Crippen LogP contribution in [0.25, 0.3) is 16.3 Å². The normalized spacial score (nSPS) is 16.8. The summed E-state index contributed by atoms with van der Waals surface area (Å²) >= 11 is 3.84. The Hall–Kier alpha value is -2.04. The number of nitrogens with zero attached hydrogens (tertiary/aromatic N) is 2. The van der Waals surface area contributed by atoms with E-state index in [1.54, 1.807) is 0 Å². The zero-order valence-corrected chi connectivity index (χ0v) is 17.5. The van der Waals surface area contributed by atoms with Crippen LogP contribution < -0.4 is 9.47 Å². The molecule has 2 heterocycles. The lowest BCUT2D eigenvalue weighted by molar-refractivity contribution is -0.665. The predicted octanol–water partition coefficient (Wildman–Crippen LogP) is 6.13. The van der Waals surface area contributed by atoms with Crippen LogP contribution >= 0.6 is 23.1 Å². The molecule has 0 radical (unpaired) electrons. The number of para-hydroxylation sites is 2. The molecule has 0 saturated heterocycles. The molecule has 3 aromatic rings. The highest BCUT2D eigenvalue weighted by Crippen LogP contribution is 2.44. The van der Waals surface area contributed by atoms with E-state index >= 15 is 0 Å². The molecule has 0 spiro atoms. The molecule has 1 atom stereocenters. The second-order valence-electron chi connectivity index (χ2n) is 6.50. The van der Waals surface area contributed by atoms with Crippen molar-refractivity contribution >= 4 is 45.1 Å². The number of thiazole rings is 1. The number of benzene rings is 2. The van der Waals surface area contributed by atoms with Crippen LogP contribution in [0.2, 0.25) is 0 Å². The summed E-state index contributed by atoms with van der Waals surface area (Å²) in [6.45, 7) is 6.50. The minimum Gasteiger partial charge on any atom is -0.358 e. The maximum absolute atomic E-state index is 2.51. The van der Waals surface area contributed by atoms with E-state index in [9.17, 15) is 0 Å². The van der Waals surface area contributed by atoms with Gasteiger partial charge in [-0.3, -0.25) is 0 Å². The highest BCUT2D eigenvalue weighted by Gasteiger charge is 2.27. The van der Waals surface area contributed by atoms with Gasteiger partial charge in [0.05, 0.1) is 11.1 Å². The third-order valence-corrected chi connectivity index (χ3v) is 7.35. The van der Waals surface area contributed by atoms with E-state index in [1.165, 1.54) is 25.8 Å². The van der Waals surface area contributed by atoms with E-state index in [0.717, 1.165) is 19.5 Å². The topological polar surface area (TPSA) is 7.12 Å². The maximum Gasteiger partial charge on any atom is 0.262 e. The summed E-state index contributed by atoms with van der Waals surface area (Å²) in [4.78, 5) is 3.91. The molecule has 0 aliphatic carbocycles. The molecule has 0 saturated carbocycles. The number of allylic oxidation sites excluding steroid dienone is 2. The van der Waals surface area contributed by atoms with Gasteiger partial charge in [0.2, 0.25) is 5.52 Å². The largest absolute Gasteiger partial charge is 0.358 e. The van der Waals surface area contributed by atoms with Crippen LogP contribution in [0.15, 0.2) is 71.7 Å². The van der Waals surface area contributed by atoms with Crippen LogP contribution in [-0.4, -0.2) is 11.9 Å². The standard InChI is InChI=1S/C23H25N2S2/c1-3-24-18-12-8-10-14-20(18)26-22(24)16-6-5-7-17-23-25(4-2)19-13-9-11-15-21(19)27-23/h5-16,23H,3-4,17H2,1-2H3/q+1/b7-5+,16-6+. The van der Waals surface area contributed by atoms with Crippen molar-refractivity contribution in [3.8, 4) is 0 Å². The van der Waals surface area contributed by atoms with Gasteiger partial charge in [-0.1, -0.05) is 65.6 Å². The Morgan fingerprint density at radius 2 is 1.85 bits per heavy atom. The molecule has 2 aromatic carbocycles. The van der Waals surface area contributed by atoms with E-state index in [0.29, 0.717) is 5.37 Å². The van der Waals surface area contributed by atoms with Crippen LogP contribution in [0.1, 0.15) is 25.3 Å². The molecule has 1 aromatic heterocycles. The molecule has 0 bridgehead atoms. The number of anilines is 1. The number of hydrogen-bond acceptors (Lipinski definition) is 3. The van der Waals surface area contributed by atoms with Crippen molar-refractivity contribution in [2.24, 2.45) is 0 Å². The Bertz CT molecular complexity index is 987. The average molecular weight is 394 g/mol. The molecule has 138 valence electrons. The summed E-state index contributed by atoms with van der Waals surface area (Å²) in [5.41, 5.74) is 2.71. The molecular formula is C23H25N2S2+. The Labute approximate surface area is 169 Å². The second-order valence-corrected chi connectivity index (χ2v) is 8.78. The molecule has 1 aliphatic heterocycles. The Kier molecular flexibility index (Phi) is 5.65. The summed E-state index contributed by atoms with van der Waals surface area (Å²) in [7, 11) is 0. The zero-order chi connectivity index (χ0) is 18.6.